The highest BCUT2D eigenvalue weighted by Gasteiger charge is 2.34. The van der Waals surface area contributed by atoms with Gasteiger partial charge < -0.3 is 34.1 Å². The van der Waals surface area contributed by atoms with Crippen LogP contribution in [0.1, 0.15) is 50.4 Å². The fourth-order valence-electron chi connectivity index (χ4n) is 2.89. The number of nitrogens with one attached hydrogen (secondary N) is 1. The van der Waals surface area contributed by atoms with Crippen LogP contribution < -0.4 is 5.32 Å². The lowest BCUT2D eigenvalue weighted by atomic mass is 10.1. The Balaban J connectivity index is 2.94. The Kier molecular flexibility index (Phi) is 14.2. The highest BCUT2D eigenvalue weighted by Crippen LogP contribution is 2.15. The largest absolute Gasteiger partial charge is 0.469 e. The zero-order valence-corrected chi connectivity index (χ0v) is 20.1. The van der Waals surface area contributed by atoms with Gasteiger partial charge in [0.15, 0.2) is 0 Å². The summed E-state index contributed by atoms with van der Waals surface area (Å²) in [6, 6.07) is 7.49. The van der Waals surface area contributed by atoms with Crippen molar-refractivity contribution in [3.05, 3.63) is 48.4 Å². The maximum absolute atomic E-state index is 12.1. The molecular formula is C24H35NO9. The van der Waals surface area contributed by atoms with Gasteiger partial charge in [-0.2, -0.15) is 0 Å². The third-order valence-electron chi connectivity index (χ3n) is 4.57. The molecule has 0 heterocycles. The van der Waals surface area contributed by atoms with Crippen molar-refractivity contribution in [3.63, 3.8) is 0 Å². The highest BCUT2D eigenvalue weighted by atomic mass is 16.7. The van der Waals surface area contributed by atoms with Gasteiger partial charge in [0.2, 0.25) is 12.2 Å². The summed E-state index contributed by atoms with van der Waals surface area (Å²) in [5.41, 5.74) is 0.368. The molecule has 2 N–H and O–H groups in total. The van der Waals surface area contributed by atoms with Gasteiger partial charge in [-0.1, -0.05) is 31.5 Å². The molecule has 1 unspecified atom stereocenters. The van der Waals surface area contributed by atoms with Gasteiger partial charge in [-0.15, -0.1) is 0 Å². The molecule has 0 radical (unpaired) electrons. The Morgan fingerprint density at radius 3 is 2.44 bits per heavy atom. The standard InChI is InChI=1S/C24H35NO9/c1-5-6-12-32-24(33-14-13-31-23(29)19-10-8-7-9-11-19)22(25-18(3)27)20(16-26)34-17(2)15-21(28)30-4/h7-11,13-14,17,20,22,24,26H,5-6,12,15-16H2,1-4H3,(H,25,27)/b14-13-/t17-,20+,22?,24+/m1/s1. The number of rotatable bonds is 16. The van der Waals surface area contributed by atoms with Gasteiger partial charge in [-0.05, 0) is 25.5 Å². The fraction of sp³-hybridized carbons (Fsp3) is 0.542. The first-order valence-electron chi connectivity index (χ1n) is 11.1. The van der Waals surface area contributed by atoms with Gasteiger partial charge in [0.05, 0.1) is 38.4 Å². The van der Waals surface area contributed by atoms with Crippen LogP contribution >= 0.6 is 0 Å². The number of carbonyl (C=O) groups excluding carboxylic acids is 3. The molecular weight excluding hydrogens is 446 g/mol. The lowest BCUT2D eigenvalue weighted by Crippen LogP contribution is -2.54. The Hall–Kier alpha value is -2.95. The first kappa shape index (κ1) is 29.1. The van der Waals surface area contributed by atoms with E-state index < -0.39 is 49.0 Å². The van der Waals surface area contributed by atoms with Gasteiger partial charge >= 0.3 is 11.9 Å². The maximum atomic E-state index is 12.1. The van der Waals surface area contributed by atoms with E-state index in [1.165, 1.54) is 14.0 Å². The molecule has 1 aromatic rings. The van der Waals surface area contributed by atoms with E-state index in [2.05, 4.69) is 10.1 Å². The van der Waals surface area contributed by atoms with Crippen LogP contribution in [0.2, 0.25) is 0 Å². The number of amides is 1. The summed E-state index contributed by atoms with van der Waals surface area (Å²) in [6.07, 6.45) is 1.07. The maximum Gasteiger partial charge on any atom is 0.343 e. The van der Waals surface area contributed by atoms with E-state index in [1.807, 2.05) is 6.92 Å². The van der Waals surface area contributed by atoms with Crippen molar-refractivity contribution >= 4 is 17.8 Å². The number of hydrogen-bond acceptors (Lipinski definition) is 9. The monoisotopic (exact) mass is 481 g/mol. The molecule has 34 heavy (non-hydrogen) atoms. The Bertz CT molecular complexity index is 769. The quantitative estimate of drug-likeness (QED) is 0.158. The molecule has 0 aliphatic carbocycles. The second-order valence-corrected chi connectivity index (χ2v) is 7.45. The molecule has 1 rings (SSSR count). The summed E-state index contributed by atoms with van der Waals surface area (Å²) in [5, 5.41) is 12.6. The molecule has 0 aromatic heterocycles. The van der Waals surface area contributed by atoms with Gasteiger partial charge in [0.25, 0.3) is 0 Å². The number of carbonyl (C=O) groups is 3. The number of unbranched alkanes of at least 4 members (excludes halogenated alkanes) is 1. The van der Waals surface area contributed by atoms with Crippen molar-refractivity contribution in [2.45, 2.75) is 64.6 Å². The van der Waals surface area contributed by atoms with E-state index in [4.69, 9.17) is 18.9 Å². The summed E-state index contributed by atoms with van der Waals surface area (Å²) in [7, 11) is 1.26. The molecule has 0 aliphatic rings. The number of hydrogen-bond donors (Lipinski definition) is 2. The molecule has 1 amide bonds. The predicted molar refractivity (Wildman–Crippen MR) is 122 cm³/mol. The first-order chi connectivity index (χ1) is 16.3. The van der Waals surface area contributed by atoms with Crippen LogP contribution in [0.15, 0.2) is 42.9 Å². The van der Waals surface area contributed by atoms with E-state index in [1.54, 1.807) is 37.3 Å². The van der Waals surface area contributed by atoms with Crippen molar-refractivity contribution in [3.8, 4) is 0 Å². The van der Waals surface area contributed by atoms with Crippen LogP contribution in [0.3, 0.4) is 0 Å². The Morgan fingerprint density at radius 2 is 1.85 bits per heavy atom. The number of esters is 2. The van der Waals surface area contributed by atoms with E-state index in [0.717, 1.165) is 25.4 Å². The number of aliphatic hydroxyl groups excluding tert-OH is 1. The van der Waals surface area contributed by atoms with Crippen molar-refractivity contribution < 1.29 is 43.2 Å². The number of methoxy groups -OCH3 is 1. The highest BCUT2D eigenvalue weighted by molar-refractivity contribution is 5.89. The molecule has 0 saturated heterocycles. The molecule has 0 bridgehead atoms. The minimum Gasteiger partial charge on any atom is -0.469 e. The molecule has 1 aromatic carbocycles. The molecule has 4 atom stereocenters. The Labute approximate surface area is 200 Å². The summed E-state index contributed by atoms with van der Waals surface area (Å²) in [5.74, 6) is -1.45. The molecule has 0 fully saturated rings. The summed E-state index contributed by atoms with van der Waals surface area (Å²) < 4.78 is 26.9. The van der Waals surface area contributed by atoms with Gasteiger partial charge in [0, 0.05) is 6.92 Å². The van der Waals surface area contributed by atoms with E-state index >= 15 is 0 Å². The van der Waals surface area contributed by atoms with Crippen LogP contribution in [-0.2, 0) is 33.3 Å². The van der Waals surface area contributed by atoms with Crippen LogP contribution in [0, 0.1) is 0 Å². The molecule has 10 nitrogen and oxygen atoms in total. The second-order valence-electron chi connectivity index (χ2n) is 7.45. The van der Waals surface area contributed by atoms with E-state index in [0.29, 0.717) is 12.2 Å². The molecule has 0 aliphatic heterocycles. The van der Waals surface area contributed by atoms with Crippen LogP contribution in [0.5, 0.6) is 0 Å². The zero-order valence-electron chi connectivity index (χ0n) is 20.1. The molecule has 0 saturated carbocycles. The number of benzene rings is 1. The topological polar surface area (TPSA) is 130 Å². The zero-order chi connectivity index (χ0) is 25.3. The van der Waals surface area contributed by atoms with Crippen molar-refractivity contribution in [2.75, 3.05) is 20.3 Å². The summed E-state index contributed by atoms with van der Waals surface area (Å²) >= 11 is 0. The first-order valence-corrected chi connectivity index (χ1v) is 11.1. The van der Waals surface area contributed by atoms with Crippen LogP contribution in [0.25, 0.3) is 0 Å². The minimum absolute atomic E-state index is 0.0443. The van der Waals surface area contributed by atoms with Crippen molar-refractivity contribution in [1.29, 1.82) is 0 Å². The smallest absolute Gasteiger partial charge is 0.343 e. The SMILES string of the molecule is CCCCO[C@@H](O/C=C\OC(=O)c1ccccc1)C(NC(C)=O)[C@H](CO)O[C@H](C)CC(=O)OC. The lowest BCUT2D eigenvalue weighted by molar-refractivity contribution is -0.172. The third kappa shape index (κ3) is 11.3. The van der Waals surface area contributed by atoms with E-state index in [9.17, 15) is 19.5 Å². The Morgan fingerprint density at radius 1 is 1.15 bits per heavy atom. The molecule has 10 heteroatoms. The summed E-state index contributed by atoms with van der Waals surface area (Å²) in [6.45, 7) is 4.76. The normalized spacial score (nSPS) is 14.6. The lowest BCUT2D eigenvalue weighted by Gasteiger charge is -2.33. The van der Waals surface area contributed by atoms with Crippen LogP contribution in [0.4, 0.5) is 0 Å². The van der Waals surface area contributed by atoms with Crippen molar-refractivity contribution in [1.82, 2.24) is 5.32 Å². The third-order valence-corrected chi connectivity index (χ3v) is 4.57. The average Bonchev–Trinajstić information content (AvgIpc) is 2.83. The van der Waals surface area contributed by atoms with Crippen molar-refractivity contribution in [2.24, 2.45) is 0 Å². The second kappa shape index (κ2) is 16.6. The van der Waals surface area contributed by atoms with E-state index in [-0.39, 0.29) is 6.42 Å². The fourth-order valence-corrected chi connectivity index (χ4v) is 2.89. The average molecular weight is 482 g/mol. The number of ether oxygens (including phenoxy) is 5. The number of aliphatic hydroxyl groups is 1. The molecule has 0 spiro atoms. The van der Waals surface area contributed by atoms with Gasteiger partial charge in [-0.25, -0.2) is 4.79 Å². The predicted octanol–water partition coefficient (Wildman–Crippen LogP) is 2.31. The van der Waals surface area contributed by atoms with Gasteiger partial charge in [0.1, 0.15) is 24.7 Å². The molecule has 190 valence electrons. The van der Waals surface area contributed by atoms with Gasteiger partial charge in [-0.3, -0.25) is 9.59 Å². The van der Waals surface area contributed by atoms with Crippen LogP contribution in [-0.4, -0.2) is 67.8 Å². The summed E-state index contributed by atoms with van der Waals surface area (Å²) in [4.78, 5) is 35.5. The minimum atomic E-state index is -1.08.